The predicted octanol–water partition coefficient (Wildman–Crippen LogP) is 1.84. The third kappa shape index (κ3) is 6.17. The molecular formula is C18H21ClN4O2. The van der Waals surface area contributed by atoms with Crippen LogP contribution in [0.25, 0.3) is 0 Å². The van der Waals surface area contributed by atoms with Gasteiger partial charge in [-0.15, -0.1) is 0 Å². The van der Waals surface area contributed by atoms with Crippen LogP contribution >= 0.6 is 11.6 Å². The molecule has 0 saturated heterocycles. The molecule has 0 spiro atoms. The highest BCUT2D eigenvalue weighted by atomic mass is 35.5. The number of halogens is 1. The van der Waals surface area contributed by atoms with Crippen LogP contribution in [0.5, 0.6) is 0 Å². The molecule has 2 amide bonds. The zero-order chi connectivity index (χ0) is 18.2. The van der Waals surface area contributed by atoms with E-state index >= 15 is 0 Å². The molecular weight excluding hydrogens is 340 g/mol. The van der Waals surface area contributed by atoms with Gasteiger partial charge in [0.2, 0.25) is 5.91 Å². The van der Waals surface area contributed by atoms with Crippen molar-refractivity contribution in [1.82, 2.24) is 20.5 Å². The van der Waals surface area contributed by atoms with Crippen molar-refractivity contribution in [1.29, 1.82) is 0 Å². The fourth-order valence-electron chi connectivity index (χ4n) is 2.26. The minimum atomic E-state index is -0.439. The van der Waals surface area contributed by atoms with E-state index in [2.05, 4.69) is 20.5 Å². The first kappa shape index (κ1) is 18.9. The van der Waals surface area contributed by atoms with Crippen LogP contribution in [0.15, 0.2) is 42.6 Å². The molecule has 0 radical (unpaired) electrons. The van der Waals surface area contributed by atoms with Crippen molar-refractivity contribution < 1.29 is 9.59 Å². The zero-order valence-corrected chi connectivity index (χ0v) is 15.0. The lowest BCUT2D eigenvalue weighted by atomic mass is 10.1. The van der Waals surface area contributed by atoms with Crippen molar-refractivity contribution in [2.24, 2.45) is 0 Å². The monoisotopic (exact) mass is 360 g/mol. The van der Waals surface area contributed by atoms with Crippen LogP contribution in [0.3, 0.4) is 0 Å². The molecule has 2 rings (SSSR count). The first-order valence-electron chi connectivity index (χ1n) is 7.83. The fourth-order valence-corrected chi connectivity index (χ4v) is 2.42. The molecule has 2 N–H and O–H groups in total. The molecule has 2 aromatic rings. The number of amides is 2. The summed E-state index contributed by atoms with van der Waals surface area (Å²) in [6.45, 7) is 1.08. The van der Waals surface area contributed by atoms with E-state index in [1.807, 2.05) is 38.4 Å². The lowest BCUT2D eigenvalue weighted by molar-refractivity contribution is -0.120. The van der Waals surface area contributed by atoms with Crippen LogP contribution in [0.2, 0.25) is 5.02 Å². The van der Waals surface area contributed by atoms with E-state index in [1.165, 1.54) is 12.3 Å². The van der Waals surface area contributed by atoms with E-state index in [-0.39, 0.29) is 18.1 Å². The highest BCUT2D eigenvalue weighted by Crippen LogP contribution is 2.10. The van der Waals surface area contributed by atoms with Crippen molar-refractivity contribution in [2.45, 2.75) is 13.1 Å². The Hall–Kier alpha value is -2.44. The topological polar surface area (TPSA) is 74.3 Å². The summed E-state index contributed by atoms with van der Waals surface area (Å²) in [4.78, 5) is 29.9. The summed E-state index contributed by atoms with van der Waals surface area (Å²) in [7, 11) is 3.99. The van der Waals surface area contributed by atoms with Gasteiger partial charge in [-0.25, -0.2) is 0 Å². The van der Waals surface area contributed by atoms with Gasteiger partial charge >= 0.3 is 0 Å². The summed E-state index contributed by atoms with van der Waals surface area (Å²) in [5, 5.41) is 5.76. The Balaban J connectivity index is 1.84. The first-order chi connectivity index (χ1) is 12.0. The normalized spacial score (nSPS) is 10.6. The maximum Gasteiger partial charge on any atom is 0.270 e. The maximum absolute atomic E-state index is 12.0. The van der Waals surface area contributed by atoms with Crippen molar-refractivity contribution in [3.63, 3.8) is 0 Å². The van der Waals surface area contributed by atoms with Crippen molar-refractivity contribution in [2.75, 3.05) is 20.6 Å². The number of aromatic nitrogens is 1. The molecule has 0 saturated carbocycles. The second kappa shape index (κ2) is 9.15. The minimum Gasteiger partial charge on any atom is -0.350 e. The molecule has 0 aliphatic carbocycles. The Morgan fingerprint density at radius 1 is 1.12 bits per heavy atom. The lowest BCUT2D eigenvalue weighted by Crippen LogP contribution is -2.37. The number of pyridine rings is 1. The first-order valence-corrected chi connectivity index (χ1v) is 8.21. The largest absolute Gasteiger partial charge is 0.350 e. The molecule has 0 aliphatic rings. The van der Waals surface area contributed by atoms with E-state index in [4.69, 9.17) is 11.6 Å². The smallest absolute Gasteiger partial charge is 0.270 e. The van der Waals surface area contributed by atoms with E-state index in [0.29, 0.717) is 11.6 Å². The molecule has 25 heavy (non-hydrogen) atoms. The maximum atomic E-state index is 12.0. The third-order valence-electron chi connectivity index (χ3n) is 3.45. The van der Waals surface area contributed by atoms with Gasteiger partial charge in [-0.05, 0) is 37.4 Å². The van der Waals surface area contributed by atoms with Gasteiger partial charge in [-0.1, -0.05) is 35.9 Å². The number of hydrogen-bond donors (Lipinski definition) is 2. The quantitative estimate of drug-likeness (QED) is 0.790. The Labute approximate surface area is 152 Å². The average Bonchev–Trinajstić information content (AvgIpc) is 2.58. The Kier molecular flexibility index (Phi) is 6.91. The number of carbonyl (C=O) groups is 2. The standard InChI is InChI=1S/C18H21ClN4O2/c1-23(2)12-14-6-4-3-5-13(14)10-21-17(24)11-22-18(25)16-9-15(19)7-8-20-16/h3-9H,10-12H2,1-2H3,(H,21,24)(H,22,25). The Morgan fingerprint density at radius 2 is 1.84 bits per heavy atom. The molecule has 0 bridgehead atoms. The SMILES string of the molecule is CN(C)Cc1ccccc1CNC(=O)CNC(=O)c1cc(Cl)ccn1. The minimum absolute atomic E-state index is 0.122. The van der Waals surface area contributed by atoms with Crippen LogP contribution in [-0.2, 0) is 17.9 Å². The van der Waals surface area contributed by atoms with E-state index in [0.717, 1.165) is 17.7 Å². The number of nitrogens with one attached hydrogen (secondary N) is 2. The fraction of sp³-hybridized carbons (Fsp3) is 0.278. The van der Waals surface area contributed by atoms with E-state index in [9.17, 15) is 9.59 Å². The average molecular weight is 361 g/mol. The van der Waals surface area contributed by atoms with E-state index < -0.39 is 5.91 Å². The van der Waals surface area contributed by atoms with Crippen molar-refractivity contribution >= 4 is 23.4 Å². The Morgan fingerprint density at radius 3 is 2.52 bits per heavy atom. The summed E-state index contributed by atoms with van der Waals surface area (Å²) in [6, 6.07) is 11.0. The van der Waals surface area contributed by atoms with Crippen molar-refractivity contribution in [3.8, 4) is 0 Å². The summed E-state index contributed by atoms with van der Waals surface area (Å²) in [6.07, 6.45) is 1.44. The zero-order valence-electron chi connectivity index (χ0n) is 14.3. The molecule has 0 fully saturated rings. The van der Waals surface area contributed by atoms with Gasteiger partial charge in [0, 0.05) is 24.3 Å². The highest BCUT2D eigenvalue weighted by Gasteiger charge is 2.10. The second-order valence-electron chi connectivity index (χ2n) is 5.83. The van der Waals surface area contributed by atoms with Gasteiger partial charge in [-0.2, -0.15) is 0 Å². The van der Waals surface area contributed by atoms with Gasteiger partial charge in [0.1, 0.15) is 5.69 Å². The van der Waals surface area contributed by atoms with Crippen LogP contribution in [0.4, 0.5) is 0 Å². The van der Waals surface area contributed by atoms with Crippen LogP contribution in [0, 0.1) is 0 Å². The molecule has 1 aromatic carbocycles. The highest BCUT2D eigenvalue weighted by molar-refractivity contribution is 6.30. The summed E-state index contributed by atoms with van der Waals surface area (Å²) < 4.78 is 0. The molecule has 1 heterocycles. The molecule has 0 aliphatic heterocycles. The van der Waals surface area contributed by atoms with Gasteiger partial charge < -0.3 is 15.5 Å². The molecule has 7 heteroatoms. The van der Waals surface area contributed by atoms with Gasteiger partial charge in [-0.3, -0.25) is 14.6 Å². The number of rotatable bonds is 7. The number of nitrogens with zero attached hydrogens (tertiary/aromatic N) is 2. The van der Waals surface area contributed by atoms with Crippen molar-refractivity contribution in [3.05, 3.63) is 64.4 Å². The summed E-state index contributed by atoms with van der Waals surface area (Å²) in [5.74, 6) is -0.708. The summed E-state index contributed by atoms with van der Waals surface area (Å²) >= 11 is 5.82. The number of carbonyl (C=O) groups excluding carboxylic acids is 2. The number of benzene rings is 1. The van der Waals surface area contributed by atoms with Gasteiger partial charge in [0.05, 0.1) is 6.54 Å². The molecule has 0 unspecified atom stereocenters. The molecule has 1 aromatic heterocycles. The van der Waals surface area contributed by atoms with Gasteiger partial charge in [0.25, 0.3) is 5.91 Å². The molecule has 6 nitrogen and oxygen atoms in total. The van der Waals surface area contributed by atoms with E-state index in [1.54, 1.807) is 6.07 Å². The Bertz CT molecular complexity index is 749. The van der Waals surface area contributed by atoms with Crippen LogP contribution < -0.4 is 10.6 Å². The number of hydrogen-bond acceptors (Lipinski definition) is 4. The van der Waals surface area contributed by atoms with Crippen LogP contribution in [0.1, 0.15) is 21.6 Å². The molecule has 132 valence electrons. The third-order valence-corrected chi connectivity index (χ3v) is 3.68. The second-order valence-corrected chi connectivity index (χ2v) is 6.26. The molecule has 0 atom stereocenters. The lowest BCUT2D eigenvalue weighted by Gasteiger charge is -2.14. The predicted molar refractivity (Wildman–Crippen MR) is 97.3 cm³/mol. The summed E-state index contributed by atoms with van der Waals surface area (Å²) in [5.41, 5.74) is 2.38. The van der Waals surface area contributed by atoms with Crippen LogP contribution in [-0.4, -0.2) is 42.3 Å². The van der Waals surface area contributed by atoms with Gasteiger partial charge in [0.15, 0.2) is 0 Å².